The standard InChI is InChI=1S/C17H32ClN3/c1-5-8-9-10-11-14(19-12-6-2)13-16-17(18)15(7-3)20-21(16)4/h14,19H,5-13H2,1-4H3. The molecule has 1 aromatic heterocycles. The molecule has 1 rings (SSSR count). The fourth-order valence-electron chi connectivity index (χ4n) is 2.72. The molecule has 4 heteroatoms. The van der Waals surface area contributed by atoms with E-state index in [4.69, 9.17) is 11.6 Å². The third-order valence-corrected chi connectivity index (χ3v) is 4.47. The van der Waals surface area contributed by atoms with Crippen LogP contribution in [0.3, 0.4) is 0 Å². The summed E-state index contributed by atoms with van der Waals surface area (Å²) in [4.78, 5) is 0. The molecule has 0 spiro atoms. The second-order valence-corrected chi connectivity index (χ2v) is 6.27. The van der Waals surface area contributed by atoms with Crippen molar-refractivity contribution in [2.45, 2.75) is 78.2 Å². The van der Waals surface area contributed by atoms with Gasteiger partial charge in [0.25, 0.3) is 0 Å². The van der Waals surface area contributed by atoms with Gasteiger partial charge in [0, 0.05) is 19.5 Å². The molecule has 122 valence electrons. The van der Waals surface area contributed by atoms with E-state index in [-0.39, 0.29) is 0 Å². The summed E-state index contributed by atoms with van der Waals surface area (Å²) in [6.45, 7) is 7.66. The molecule has 0 bridgehead atoms. The van der Waals surface area contributed by atoms with Crippen LogP contribution in [0.25, 0.3) is 0 Å². The highest BCUT2D eigenvalue weighted by atomic mass is 35.5. The molecular formula is C17H32ClN3. The topological polar surface area (TPSA) is 29.9 Å². The molecule has 0 aliphatic rings. The number of aromatic nitrogens is 2. The molecular weight excluding hydrogens is 282 g/mol. The van der Waals surface area contributed by atoms with Gasteiger partial charge < -0.3 is 5.32 Å². The Morgan fingerprint density at radius 2 is 1.90 bits per heavy atom. The van der Waals surface area contributed by atoms with E-state index in [1.54, 1.807) is 0 Å². The summed E-state index contributed by atoms with van der Waals surface area (Å²) < 4.78 is 1.97. The van der Waals surface area contributed by atoms with Crippen LogP contribution in [0.4, 0.5) is 0 Å². The van der Waals surface area contributed by atoms with E-state index in [0.29, 0.717) is 6.04 Å². The van der Waals surface area contributed by atoms with E-state index in [0.717, 1.165) is 30.1 Å². The van der Waals surface area contributed by atoms with E-state index in [1.807, 2.05) is 11.7 Å². The first-order chi connectivity index (χ1) is 10.1. The molecule has 0 aliphatic carbocycles. The van der Waals surface area contributed by atoms with Gasteiger partial charge in [-0.15, -0.1) is 0 Å². The summed E-state index contributed by atoms with van der Waals surface area (Å²) in [6.07, 6.45) is 9.54. The highest BCUT2D eigenvalue weighted by molar-refractivity contribution is 6.31. The van der Waals surface area contributed by atoms with Crippen molar-refractivity contribution in [2.24, 2.45) is 7.05 Å². The molecule has 0 saturated heterocycles. The van der Waals surface area contributed by atoms with Crippen LogP contribution in [0.5, 0.6) is 0 Å². The maximum atomic E-state index is 6.48. The smallest absolute Gasteiger partial charge is 0.0850 e. The summed E-state index contributed by atoms with van der Waals surface area (Å²) in [5.74, 6) is 0. The number of nitrogens with one attached hydrogen (secondary N) is 1. The molecule has 0 aromatic carbocycles. The van der Waals surface area contributed by atoms with Crippen molar-refractivity contribution in [3.05, 3.63) is 16.4 Å². The van der Waals surface area contributed by atoms with Crippen molar-refractivity contribution in [1.82, 2.24) is 15.1 Å². The average molecular weight is 314 g/mol. The van der Waals surface area contributed by atoms with Gasteiger partial charge >= 0.3 is 0 Å². The molecule has 1 heterocycles. The SMILES string of the molecule is CCCCCCC(Cc1c(Cl)c(CC)nn1C)NCCC. The van der Waals surface area contributed by atoms with Crippen molar-refractivity contribution in [3.63, 3.8) is 0 Å². The Hall–Kier alpha value is -0.540. The molecule has 1 N–H and O–H groups in total. The van der Waals surface area contributed by atoms with E-state index in [2.05, 4.69) is 31.2 Å². The lowest BCUT2D eigenvalue weighted by atomic mass is 10.0. The molecule has 1 atom stereocenters. The van der Waals surface area contributed by atoms with Crippen LogP contribution in [0, 0.1) is 0 Å². The number of halogens is 1. The van der Waals surface area contributed by atoms with Gasteiger partial charge in [-0.1, -0.05) is 58.1 Å². The molecule has 0 fully saturated rings. The van der Waals surface area contributed by atoms with Gasteiger partial charge in [0.2, 0.25) is 0 Å². The predicted molar refractivity (Wildman–Crippen MR) is 92.1 cm³/mol. The molecule has 3 nitrogen and oxygen atoms in total. The first kappa shape index (κ1) is 18.5. The first-order valence-electron chi connectivity index (χ1n) is 8.57. The van der Waals surface area contributed by atoms with Crippen molar-refractivity contribution in [1.29, 1.82) is 0 Å². The number of aryl methyl sites for hydroxylation is 2. The zero-order valence-corrected chi connectivity index (χ0v) is 15.0. The molecule has 0 aliphatic heterocycles. The van der Waals surface area contributed by atoms with Crippen LogP contribution in [-0.2, 0) is 19.9 Å². The van der Waals surface area contributed by atoms with E-state index in [1.165, 1.54) is 44.2 Å². The van der Waals surface area contributed by atoms with E-state index in [9.17, 15) is 0 Å². The zero-order chi connectivity index (χ0) is 15.7. The zero-order valence-electron chi connectivity index (χ0n) is 14.2. The Morgan fingerprint density at radius 1 is 1.14 bits per heavy atom. The van der Waals surface area contributed by atoms with Gasteiger partial charge in [-0.3, -0.25) is 4.68 Å². The third kappa shape index (κ3) is 5.99. The lowest BCUT2D eigenvalue weighted by Crippen LogP contribution is -2.32. The quantitative estimate of drug-likeness (QED) is 0.609. The van der Waals surface area contributed by atoms with Crippen LogP contribution < -0.4 is 5.32 Å². The Kier molecular flexibility index (Phi) is 9.02. The number of nitrogens with zero attached hydrogens (tertiary/aromatic N) is 2. The van der Waals surface area contributed by atoms with E-state index >= 15 is 0 Å². The van der Waals surface area contributed by atoms with Crippen LogP contribution in [-0.4, -0.2) is 22.4 Å². The molecule has 0 amide bonds. The number of unbranched alkanes of at least 4 members (excludes halogenated alkanes) is 3. The fraction of sp³-hybridized carbons (Fsp3) is 0.824. The molecule has 0 radical (unpaired) electrons. The van der Waals surface area contributed by atoms with Crippen LogP contribution in [0.1, 0.15) is 70.7 Å². The van der Waals surface area contributed by atoms with Crippen molar-refractivity contribution in [3.8, 4) is 0 Å². The van der Waals surface area contributed by atoms with Crippen molar-refractivity contribution in [2.75, 3.05) is 6.54 Å². The summed E-state index contributed by atoms with van der Waals surface area (Å²) >= 11 is 6.48. The Balaban J connectivity index is 2.64. The maximum absolute atomic E-state index is 6.48. The largest absolute Gasteiger partial charge is 0.314 e. The highest BCUT2D eigenvalue weighted by Crippen LogP contribution is 2.23. The predicted octanol–water partition coefficient (Wildman–Crippen LogP) is 4.52. The van der Waals surface area contributed by atoms with Gasteiger partial charge in [-0.2, -0.15) is 5.10 Å². The molecule has 21 heavy (non-hydrogen) atoms. The van der Waals surface area contributed by atoms with Crippen molar-refractivity contribution < 1.29 is 0 Å². The van der Waals surface area contributed by atoms with E-state index < -0.39 is 0 Å². The second-order valence-electron chi connectivity index (χ2n) is 5.89. The highest BCUT2D eigenvalue weighted by Gasteiger charge is 2.17. The van der Waals surface area contributed by atoms with Crippen LogP contribution in [0.2, 0.25) is 5.02 Å². The molecule has 1 unspecified atom stereocenters. The third-order valence-electron chi connectivity index (χ3n) is 4.03. The minimum absolute atomic E-state index is 0.513. The van der Waals surface area contributed by atoms with Gasteiger partial charge in [0.1, 0.15) is 0 Å². The van der Waals surface area contributed by atoms with Gasteiger partial charge in [0.15, 0.2) is 0 Å². The monoisotopic (exact) mass is 313 g/mol. The Bertz CT molecular complexity index is 401. The average Bonchev–Trinajstić information content (AvgIpc) is 2.75. The number of hydrogen-bond donors (Lipinski definition) is 1. The summed E-state index contributed by atoms with van der Waals surface area (Å²) in [5, 5.41) is 9.08. The molecule has 0 saturated carbocycles. The van der Waals surface area contributed by atoms with Crippen LogP contribution in [0.15, 0.2) is 0 Å². The normalized spacial score (nSPS) is 12.8. The van der Waals surface area contributed by atoms with Crippen molar-refractivity contribution >= 4 is 11.6 Å². The van der Waals surface area contributed by atoms with Gasteiger partial charge in [-0.05, 0) is 25.8 Å². The Morgan fingerprint density at radius 3 is 2.48 bits per heavy atom. The number of hydrogen-bond acceptors (Lipinski definition) is 2. The molecule has 1 aromatic rings. The fourth-order valence-corrected chi connectivity index (χ4v) is 3.09. The summed E-state index contributed by atoms with van der Waals surface area (Å²) in [5.41, 5.74) is 2.20. The summed E-state index contributed by atoms with van der Waals surface area (Å²) in [6, 6.07) is 0.513. The summed E-state index contributed by atoms with van der Waals surface area (Å²) in [7, 11) is 2.01. The van der Waals surface area contributed by atoms with Crippen LogP contribution >= 0.6 is 11.6 Å². The maximum Gasteiger partial charge on any atom is 0.0850 e. The Labute approximate surface area is 135 Å². The lowest BCUT2D eigenvalue weighted by molar-refractivity contribution is 0.444. The van der Waals surface area contributed by atoms with Gasteiger partial charge in [-0.25, -0.2) is 0 Å². The van der Waals surface area contributed by atoms with Gasteiger partial charge in [0.05, 0.1) is 16.4 Å². The second kappa shape index (κ2) is 10.2. The lowest BCUT2D eigenvalue weighted by Gasteiger charge is -2.19. The first-order valence-corrected chi connectivity index (χ1v) is 8.95. The number of rotatable bonds is 11. The minimum atomic E-state index is 0.513. The minimum Gasteiger partial charge on any atom is -0.314 e.